The van der Waals surface area contributed by atoms with Gasteiger partial charge in [0, 0.05) is 54.2 Å². The van der Waals surface area contributed by atoms with Gasteiger partial charge in [0.25, 0.3) is 0 Å². The Morgan fingerprint density at radius 1 is 0.625 bits per heavy atom. The fourth-order valence-electron chi connectivity index (χ4n) is 5.88. The molecule has 2 nitrogen and oxygen atoms in total. The first-order valence-electron chi connectivity index (χ1n) is 16.4. The van der Waals surface area contributed by atoms with Crippen LogP contribution in [0.4, 0.5) is 39.0 Å². The molecule has 1 aliphatic rings. The van der Waals surface area contributed by atoms with Gasteiger partial charge in [0.15, 0.2) is 0 Å². The molecule has 0 radical (unpaired) electrons. The van der Waals surface area contributed by atoms with Crippen molar-refractivity contribution in [3.05, 3.63) is 156 Å². The maximum absolute atomic E-state index is 15.1. The van der Waals surface area contributed by atoms with Crippen molar-refractivity contribution in [1.29, 1.82) is 0 Å². The van der Waals surface area contributed by atoms with Gasteiger partial charge in [-0.05, 0) is 65.1 Å². The topological polar surface area (TPSA) is 6.25 Å². The number of para-hydroxylation sites is 2. The van der Waals surface area contributed by atoms with Crippen molar-refractivity contribution >= 4 is 28.3 Å². The van der Waals surface area contributed by atoms with E-state index in [-0.39, 0.29) is 5.56 Å². The second-order valence-corrected chi connectivity index (χ2v) is 11.8. The molecule has 5 rings (SSSR count). The molecule has 0 bridgehead atoms. The number of anilines is 2. The highest BCUT2D eigenvalue weighted by atomic mass is 19.4. The third-order valence-electron chi connectivity index (χ3n) is 8.43. The fraction of sp³-hybridized carbons (Fsp3) is 0.244. The van der Waals surface area contributed by atoms with Crippen molar-refractivity contribution in [3.8, 4) is 0 Å². The summed E-state index contributed by atoms with van der Waals surface area (Å²) in [4.78, 5) is 2.18. The van der Waals surface area contributed by atoms with Gasteiger partial charge in [0.05, 0.1) is 0 Å². The number of benzene rings is 4. The van der Waals surface area contributed by atoms with E-state index in [1.807, 2.05) is 84.9 Å². The number of rotatable bonds is 12. The number of hydrogen-bond acceptors (Lipinski definition) is 1. The van der Waals surface area contributed by atoms with Crippen molar-refractivity contribution in [1.82, 2.24) is 0 Å². The zero-order chi connectivity index (χ0) is 34.1. The Hall–Kier alpha value is -4.78. The van der Waals surface area contributed by atoms with Gasteiger partial charge >= 0.3 is 12.1 Å². The summed E-state index contributed by atoms with van der Waals surface area (Å²) >= 11 is 0. The molecule has 0 heterocycles. The number of unbranched alkanes of at least 4 members (excludes halogenated alkanes) is 2. The van der Waals surface area contributed by atoms with E-state index in [2.05, 4.69) is 23.3 Å². The Labute approximate surface area is 279 Å². The van der Waals surface area contributed by atoms with Crippen LogP contribution in [0.5, 0.6) is 0 Å². The molecule has 0 atom stereocenters. The number of halogens is 5. The van der Waals surface area contributed by atoms with Crippen molar-refractivity contribution < 1.29 is 26.5 Å². The highest BCUT2D eigenvalue weighted by Gasteiger charge is 2.59. The van der Waals surface area contributed by atoms with E-state index < -0.39 is 17.7 Å². The Balaban J connectivity index is 1.66. The van der Waals surface area contributed by atoms with Crippen LogP contribution in [0.25, 0.3) is 5.57 Å². The Morgan fingerprint density at radius 3 is 1.79 bits per heavy atom. The van der Waals surface area contributed by atoms with E-state index in [0.29, 0.717) is 16.7 Å². The summed E-state index contributed by atoms with van der Waals surface area (Å²) in [6.07, 6.45) is 5.57. The minimum atomic E-state index is -5.76. The first kappa shape index (κ1) is 34.6. The second kappa shape index (κ2) is 15.4. The normalized spacial score (nSPS) is 13.1. The molecule has 0 N–H and O–H groups in total. The SMILES string of the molecule is CCCCN(c1ccccc1)c1ccc(C(=C2C=CC(=[N+](CCCC)c3ccccc3)C=C2)c2ccccc2C(F)(F)C(F)(F)F)cc1. The summed E-state index contributed by atoms with van der Waals surface area (Å²) < 4.78 is 73.8. The summed E-state index contributed by atoms with van der Waals surface area (Å²) in [5.41, 5.74) is 3.94. The van der Waals surface area contributed by atoms with Crippen LogP contribution in [-0.2, 0) is 5.92 Å². The molecule has 1 aliphatic carbocycles. The minimum Gasteiger partial charge on any atom is -0.341 e. The van der Waals surface area contributed by atoms with E-state index >= 15 is 8.78 Å². The van der Waals surface area contributed by atoms with Crippen LogP contribution in [0, 0.1) is 0 Å². The zero-order valence-electron chi connectivity index (χ0n) is 27.2. The average Bonchev–Trinajstić information content (AvgIpc) is 3.10. The number of allylic oxidation sites excluding steroid dienone is 5. The summed E-state index contributed by atoms with van der Waals surface area (Å²) in [6.45, 7) is 5.79. The highest BCUT2D eigenvalue weighted by molar-refractivity contribution is 6.04. The molecule has 0 unspecified atom stereocenters. The van der Waals surface area contributed by atoms with Crippen molar-refractivity contribution in [2.45, 2.75) is 51.6 Å². The van der Waals surface area contributed by atoms with Crippen LogP contribution in [0.15, 0.2) is 139 Å². The molecule has 0 saturated heterocycles. The molecule has 0 fully saturated rings. The quantitative estimate of drug-likeness (QED) is 0.109. The van der Waals surface area contributed by atoms with Crippen LogP contribution < -0.4 is 4.90 Å². The minimum absolute atomic E-state index is 0.169. The molecule has 4 aromatic rings. The monoisotopic (exact) mass is 655 g/mol. The van der Waals surface area contributed by atoms with Crippen LogP contribution in [0.1, 0.15) is 56.2 Å². The largest absolute Gasteiger partial charge is 0.458 e. The Bertz CT molecular complexity index is 1770. The van der Waals surface area contributed by atoms with Crippen molar-refractivity contribution in [2.75, 3.05) is 18.0 Å². The smallest absolute Gasteiger partial charge is 0.341 e. The second-order valence-electron chi connectivity index (χ2n) is 11.8. The molecule has 248 valence electrons. The average molecular weight is 656 g/mol. The third kappa shape index (κ3) is 7.67. The maximum atomic E-state index is 15.1. The lowest BCUT2D eigenvalue weighted by Crippen LogP contribution is -2.34. The summed E-state index contributed by atoms with van der Waals surface area (Å²) in [6, 6.07) is 32.2. The van der Waals surface area contributed by atoms with Gasteiger partial charge < -0.3 is 4.90 Å². The lowest BCUT2D eigenvalue weighted by Gasteiger charge is -2.26. The number of hydrogen-bond donors (Lipinski definition) is 0. The van der Waals surface area contributed by atoms with E-state index in [0.717, 1.165) is 67.6 Å². The van der Waals surface area contributed by atoms with Gasteiger partial charge in [-0.3, -0.25) is 0 Å². The molecular weight excluding hydrogens is 615 g/mol. The number of alkyl halides is 5. The zero-order valence-corrected chi connectivity index (χ0v) is 27.2. The predicted molar refractivity (Wildman–Crippen MR) is 187 cm³/mol. The third-order valence-corrected chi connectivity index (χ3v) is 8.43. The molecule has 0 aromatic heterocycles. The first-order valence-corrected chi connectivity index (χ1v) is 16.4. The van der Waals surface area contributed by atoms with E-state index in [1.54, 1.807) is 24.3 Å². The fourth-order valence-corrected chi connectivity index (χ4v) is 5.88. The van der Waals surface area contributed by atoms with Gasteiger partial charge in [-0.25, -0.2) is 0 Å². The van der Waals surface area contributed by atoms with E-state index in [4.69, 9.17) is 0 Å². The maximum Gasteiger partial charge on any atom is 0.458 e. The molecular formula is C41H40F5N2+. The van der Waals surface area contributed by atoms with Crippen molar-refractivity contribution in [3.63, 3.8) is 0 Å². The number of nitrogens with zero attached hydrogens (tertiary/aromatic N) is 2. The summed E-state index contributed by atoms with van der Waals surface area (Å²) in [7, 11) is 0. The summed E-state index contributed by atoms with van der Waals surface area (Å²) in [5.74, 6) is -5.05. The van der Waals surface area contributed by atoms with Crippen molar-refractivity contribution in [2.24, 2.45) is 0 Å². The summed E-state index contributed by atoms with van der Waals surface area (Å²) in [5, 5.41) is 0. The molecule has 48 heavy (non-hydrogen) atoms. The van der Waals surface area contributed by atoms with Crippen LogP contribution in [-0.4, -0.2) is 29.6 Å². The van der Waals surface area contributed by atoms with Gasteiger partial charge in [0.1, 0.15) is 6.54 Å². The van der Waals surface area contributed by atoms with Crippen LogP contribution in [0.3, 0.4) is 0 Å². The van der Waals surface area contributed by atoms with E-state index in [1.165, 1.54) is 18.2 Å². The van der Waals surface area contributed by atoms with Gasteiger partial charge in [-0.1, -0.05) is 99.5 Å². The molecule has 0 amide bonds. The lowest BCUT2D eigenvalue weighted by molar-refractivity contribution is -0.439. The lowest BCUT2D eigenvalue weighted by atomic mass is 9.86. The van der Waals surface area contributed by atoms with Crippen LogP contribution in [0.2, 0.25) is 0 Å². The molecule has 0 spiro atoms. The molecule has 0 aliphatic heterocycles. The molecule has 4 aromatic carbocycles. The predicted octanol–water partition coefficient (Wildman–Crippen LogP) is 11.8. The Morgan fingerprint density at radius 2 is 1.19 bits per heavy atom. The standard InChI is InChI=1S/C41H40F5N2/c1-3-5-29-47(33-15-9-7-10-16-33)35-25-21-31(22-26-35)39(37-19-13-14-20-38(37)40(42,43)41(44,45)46)32-23-27-36(28-24-32)48(30-6-4-2)34-17-11-8-12-18-34/h7-28H,3-6,29-30H2,1-2H3/q+1. The van der Waals surface area contributed by atoms with Gasteiger partial charge in [-0.15, -0.1) is 0 Å². The molecule has 7 heteroatoms. The first-order chi connectivity index (χ1) is 23.2. The molecule has 0 saturated carbocycles. The van der Waals surface area contributed by atoms with E-state index in [9.17, 15) is 13.2 Å². The van der Waals surface area contributed by atoms with Gasteiger partial charge in [0.2, 0.25) is 11.4 Å². The highest BCUT2D eigenvalue weighted by Crippen LogP contribution is 2.47. The van der Waals surface area contributed by atoms with Gasteiger partial charge in [-0.2, -0.15) is 26.5 Å². The Kier molecular flexibility index (Phi) is 11.1. The van der Waals surface area contributed by atoms with Crippen LogP contribution >= 0.6 is 0 Å².